The fourth-order valence-corrected chi connectivity index (χ4v) is 3.27. The van der Waals surface area contributed by atoms with E-state index in [9.17, 15) is 13.9 Å². The highest BCUT2D eigenvalue weighted by atomic mass is 19.1. The molecule has 1 saturated carbocycles. The van der Waals surface area contributed by atoms with Crippen molar-refractivity contribution in [3.63, 3.8) is 0 Å². The molecule has 0 bridgehead atoms. The molecule has 1 aliphatic carbocycles. The number of aliphatic hydroxyl groups is 1. The van der Waals surface area contributed by atoms with E-state index >= 15 is 0 Å². The predicted molar refractivity (Wildman–Crippen MR) is 75.4 cm³/mol. The first-order chi connectivity index (χ1) is 9.38. The largest absolute Gasteiger partial charge is 0.386 e. The third-order valence-corrected chi connectivity index (χ3v) is 4.81. The zero-order valence-electron chi connectivity index (χ0n) is 12.4. The van der Waals surface area contributed by atoms with Crippen LogP contribution in [0.4, 0.5) is 8.78 Å². The molecule has 0 saturated heterocycles. The Labute approximate surface area is 119 Å². The zero-order chi connectivity index (χ0) is 14.9. The van der Waals surface area contributed by atoms with Gasteiger partial charge in [0.2, 0.25) is 0 Å². The molecule has 1 fully saturated rings. The van der Waals surface area contributed by atoms with E-state index in [4.69, 9.17) is 0 Å². The Morgan fingerprint density at radius 1 is 1.20 bits per heavy atom. The van der Waals surface area contributed by atoms with Crippen LogP contribution in [0, 0.1) is 17.6 Å². The van der Waals surface area contributed by atoms with Gasteiger partial charge < -0.3 is 10.0 Å². The quantitative estimate of drug-likeness (QED) is 0.917. The zero-order valence-corrected chi connectivity index (χ0v) is 12.4. The number of rotatable bonds is 3. The number of hydrogen-bond acceptors (Lipinski definition) is 2. The number of nitrogens with zero attached hydrogens (tertiary/aromatic N) is 1. The summed E-state index contributed by atoms with van der Waals surface area (Å²) in [5.41, 5.74) is -0.786. The molecule has 2 nitrogen and oxygen atoms in total. The summed E-state index contributed by atoms with van der Waals surface area (Å²) in [6.45, 7) is 2.18. The minimum atomic E-state index is -1.15. The van der Waals surface area contributed by atoms with Crippen LogP contribution in [0.2, 0.25) is 0 Å². The van der Waals surface area contributed by atoms with Crippen molar-refractivity contribution in [1.82, 2.24) is 4.90 Å². The third-order valence-electron chi connectivity index (χ3n) is 4.81. The molecule has 1 aromatic carbocycles. The SMILES string of the molecule is CC1CCC(C(O)c2c(F)cccc2F)(N(C)C)CC1. The molecule has 1 atom stereocenters. The third kappa shape index (κ3) is 2.59. The van der Waals surface area contributed by atoms with Crippen molar-refractivity contribution in [3.8, 4) is 0 Å². The molecule has 1 aliphatic rings. The summed E-state index contributed by atoms with van der Waals surface area (Å²) in [6.07, 6.45) is 2.27. The van der Waals surface area contributed by atoms with Crippen LogP contribution in [-0.2, 0) is 0 Å². The van der Waals surface area contributed by atoms with Crippen LogP contribution in [0.5, 0.6) is 0 Å². The molecule has 0 radical (unpaired) electrons. The Morgan fingerprint density at radius 2 is 1.70 bits per heavy atom. The Bertz CT molecular complexity index is 447. The molecular weight excluding hydrogens is 260 g/mol. The minimum Gasteiger partial charge on any atom is -0.386 e. The molecule has 0 amide bonds. The first-order valence-electron chi connectivity index (χ1n) is 7.18. The van der Waals surface area contributed by atoms with Gasteiger partial charge in [-0.05, 0) is 57.8 Å². The first-order valence-corrected chi connectivity index (χ1v) is 7.18. The average molecular weight is 283 g/mol. The topological polar surface area (TPSA) is 23.5 Å². The maximum Gasteiger partial charge on any atom is 0.132 e. The van der Waals surface area contributed by atoms with Gasteiger partial charge in [-0.1, -0.05) is 13.0 Å². The van der Waals surface area contributed by atoms with Crippen LogP contribution in [0.15, 0.2) is 18.2 Å². The maximum absolute atomic E-state index is 13.9. The second kappa shape index (κ2) is 5.78. The van der Waals surface area contributed by atoms with E-state index in [1.54, 1.807) is 0 Å². The average Bonchev–Trinajstić information content (AvgIpc) is 2.39. The molecule has 0 heterocycles. The Kier molecular flexibility index (Phi) is 4.45. The standard InChI is InChI=1S/C16H23F2NO/c1-11-7-9-16(10-8-11,19(2)3)15(20)14-12(17)5-4-6-13(14)18/h4-6,11,15,20H,7-10H2,1-3H3. The molecule has 20 heavy (non-hydrogen) atoms. The van der Waals surface area contributed by atoms with Crippen LogP contribution in [-0.4, -0.2) is 29.6 Å². The number of hydrogen-bond donors (Lipinski definition) is 1. The number of benzene rings is 1. The first kappa shape index (κ1) is 15.4. The van der Waals surface area contributed by atoms with E-state index in [2.05, 4.69) is 6.92 Å². The van der Waals surface area contributed by atoms with Crippen molar-refractivity contribution in [2.75, 3.05) is 14.1 Å². The summed E-state index contributed by atoms with van der Waals surface area (Å²) in [4.78, 5) is 1.93. The van der Waals surface area contributed by atoms with E-state index in [1.807, 2.05) is 19.0 Å². The molecule has 4 heteroatoms. The summed E-state index contributed by atoms with van der Waals surface area (Å²) >= 11 is 0. The second-order valence-corrected chi connectivity index (χ2v) is 6.22. The Hall–Kier alpha value is -1.00. The van der Waals surface area contributed by atoms with Gasteiger partial charge in [0.15, 0.2) is 0 Å². The lowest BCUT2D eigenvalue weighted by Gasteiger charge is -2.47. The lowest BCUT2D eigenvalue weighted by atomic mass is 9.71. The fourth-order valence-electron chi connectivity index (χ4n) is 3.27. The van der Waals surface area contributed by atoms with Crippen LogP contribution >= 0.6 is 0 Å². The smallest absolute Gasteiger partial charge is 0.132 e. The summed E-state index contributed by atoms with van der Waals surface area (Å²) < 4.78 is 27.9. The number of halogens is 2. The predicted octanol–water partition coefficient (Wildman–Crippen LogP) is 3.51. The second-order valence-electron chi connectivity index (χ2n) is 6.22. The van der Waals surface area contributed by atoms with Crippen molar-refractivity contribution in [1.29, 1.82) is 0 Å². The molecule has 1 N–H and O–H groups in total. The summed E-state index contributed by atoms with van der Waals surface area (Å²) in [7, 11) is 3.75. The summed E-state index contributed by atoms with van der Waals surface area (Å²) in [6, 6.07) is 3.74. The Morgan fingerprint density at radius 3 is 2.15 bits per heavy atom. The molecule has 112 valence electrons. The van der Waals surface area contributed by atoms with Crippen LogP contribution < -0.4 is 0 Å². The van der Waals surface area contributed by atoms with Gasteiger partial charge in [-0.25, -0.2) is 8.78 Å². The van der Waals surface area contributed by atoms with Crippen LogP contribution in [0.25, 0.3) is 0 Å². The minimum absolute atomic E-state index is 0.198. The van der Waals surface area contributed by atoms with Gasteiger partial charge in [-0.3, -0.25) is 0 Å². The van der Waals surface area contributed by atoms with Crippen molar-refractivity contribution in [3.05, 3.63) is 35.4 Å². The van der Waals surface area contributed by atoms with Crippen molar-refractivity contribution >= 4 is 0 Å². The van der Waals surface area contributed by atoms with Gasteiger partial charge in [0.25, 0.3) is 0 Å². The molecule has 0 aromatic heterocycles. The highest BCUT2D eigenvalue weighted by Crippen LogP contribution is 2.44. The highest BCUT2D eigenvalue weighted by Gasteiger charge is 2.44. The van der Waals surface area contributed by atoms with Gasteiger partial charge in [-0.2, -0.15) is 0 Å². The monoisotopic (exact) mass is 283 g/mol. The number of likely N-dealkylation sites (N-methyl/N-ethyl adjacent to an activating group) is 1. The van der Waals surface area contributed by atoms with E-state index < -0.39 is 23.3 Å². The molecule has 1 aromatic rings. The molecule has 0 aliphatic heterocycles. The molecule has 2 rings (SSSR count). The van der Waals surface area contributed by atoms with E-state index in [0.29, 0.717) is 5.92 Å². The van der Waals surface area contributed by atoms with Gasteiger partial charge >= 0.3 is 0 Å². The van der Waals surface area contributed by atoms with E-state index in [1.165, 1.54) is 18.2 Å². The lowest BCUT2D eigenvalue weighted by molar-refractivity contribution is -0.0440. The maximum atomic E-state index is 13.9. The molecule has 0 spiro atoms. The van der Waals surface area contributed by atoms with E-state index in [-0.39, 0.29) is 5.56 Å². The van der Waals surface area contributed by atoms with E-state index in [0.717, 1.165) is 25.7 Å². The molecule has 1 unspecified atom stereocenters. The van der Waals surface area contributed by atoms with Gasteiger partial charge in [0.1, 0.15) is 17.7 Å². The Balaban J connectivity index is 2.40. The normalized spacial score (nSPS) is 28.6. The van der Waals surface area contributed by atoms with Crippen molar-refractivity contribution in [2.24, 2.45) is 5.92 Å². The summed E-state index contributed by atoms with van der Waals surface area (Å²) in [5.74, 6) is -0.740. The molecular formula is C16H23F2NO. The van der Waals surface area contributed by atoms with Crippen molar-refractivity contribution in [2.45, 2.75) is 44.2 Å². The van der Waals surface area contributed by atoms with Crippen LogP contribution in [0.3, 0.4) is 0 Å². The van der Waals surface area contributed by atoms with Crippen LogP contribution in [0.1, 0.15) is 44.3 Å². The van der Waals surface area contributed by atoms with Gasteiger partial charge in [-0.15, -0.1) is 0 Å². The summed E-state index contributed by atoms with van der Waals surface area (Å²) in [5, 5.41) is 10.7. The fraction of sp³-hybridized carbons (Fsp3) is 0.625. The lowest BCUT2D eigenvalue weighted by Crippen LogP contribution is -2.51. The highest BCUT2D eigenvalue weighted by molar-refractivity contribution is 5.25. The number of aliphatic hydroxyl groups excluding tert-OH is 1. The van der Waals surface area contributed by atoms with Gasteiger partial charge in [0, 0.05) is 0 Å². The van der Waals surface area contributed by atoms with Gasteiger partial charge in [0.05, 0.1) is 11.1 Å². The van der Waals surface area contributed by atoms with Crippen molar-refractivity contribution < 1.29 is 13.9 Å².